The summed E-state index contributed by atoms with van der Waals surface area (Å²) in [6.07, 6.45) is 6.90. The lowest BCUT2D eigenvalue weighted by molar-refractivity contribution is 0.00568. The zero-order chi connectivity index (χ0) is 26.7. The van der Waals surface area contributed by atoms with Crippen LogP contribution in [0.3, 0.4) is 0 Å². The van der Waals surface area contributed by atoms with E-state index in [9.17, 15) is 4.79 Å². The number of hydrogen-bond donors (Lipinski definition) is 0. The zero-order valence-electron chi connectivity index (χ0n) is 22.0. The van der Waals surface area contributed by atoms with Crippen LogP contribution >= 0.6 is 27.5 Å². The minimum Gasteiger partial charge on any atom is -0.396 e. The van der Waals surface area contributed by atoms with Gasteiger partial charge in [0, 0.05) is 45.3 Å². The third-order valence-corrected chi connectivity index (χ3v) is 8.77. The number of fused-ring (bicyclic) bond motifs is 1. The molecule has 1 unspecified atom stereocenters. The highest BCUT2D eigenvalue weighted by atomic mass is 79.9. The van der Waals surface area contributed by atoms with E-state index < -0.39 is 0 Å². The second-order valence-electron chi connectivity index (χ2n) is 10.4. The predicted octanol–water partition coefficient (Wildman–Crippen LogP) is 6.94. The van der Waals surface area contributed by atoms with Crippen molar-refractivity contribution in [3.05, 3.63) is 75.4 Å². The van der Waals surface area contributed by atoms with Crippen LogP contribution in [0, 0.1) is 0 Å². The number of likely N-dealkylation sites (tertiary alicyclic amines) is 2. The topological polar surface area (TPSA) is 58.0 Å². The Morgan fingerprint density at radius 3 is 2.63 bits per heavy atom. The molecule has 2 aromatic carbocycles. The van der Waals surface area contributed by atoms with Gasteiger partial charge in [0.25, 0.3) is 5.91 Å². The van der Waals surface area contributed by atoms with E-state index in [0.717, 1.165) is 52.5 Å². The van der Waals surface area contributed by atoms with Gasteiger partial charge in [0.2, 0.25) is 0 Å². The van der Waals surface area contributed by atoms with Gasteiger partial charge < -0.3 is 9.74 Å². The Kier molecular flexibility index (Phi) is 8.36. The summed E-state index contributed by atoms with van der Waals surface area (Å²) in [5.74, 6) is 0.0606. The first-order valence-electron chi connectivity index (χ1n) is 13.5. The molecule has 3 aromatic rings. The Labute approximate surface area is 238 Å². The van der Waals surface area contributed by atoms with Crippen molar-refractivity contribution in [2.45, 2.75) is 57.5 Å². The lowest BCUT2D eigenvalue weighted by Gasteiger charge is -2.51. The molecule has 6 nitrogen and oxygen atoms in total. The number of rotatable bonds is 6. The number of benzene rings is 2. The van der Waals surface area contributed by atoms with Crippen LogP contribution in [0.25, 0.3) is 10.9 Å². The molecule has 8 heteroatoms. The number of carbonyl (C=O) groups excluding carboxylic acids is 1. The number of oxime groups is 1. The van der Waals surface area contributed by atoms with Gasteiger partial charge in [-0.3, -0.25) is 14.7 Å². The first-order valence-corrected chi connectivity index (χ1v) is 14.6. The summed E-state index contributed by atoms with van der Waals surface area (Å²) in [6.45, 7) is 7.31. The van der Waals surface area contributed by atoms with Gasteiger partial charge in [0.05, 0.1) is 17.1 Å². The molecule has 1 aromatic heterocycles. The molecule has 0 aliphatic carbocycles. The van der Waals surface area contributed by atoms with Crippen molar-refractivity contribution in [3.8, 4) is 0 Å². The summed E-state index contributed by atoms with van der Waals surface area (Å²) in [7, 11) is 0. The number of pyridine rings is 1. The fourth-order valence-electron chi connectivity index (χ4n) is 5.88. The molecule has 200 valence electrons. The van der Waals surface area contributed by atoms with Crippen molar-refractivity contribution < 1.29 is 9.63 Å². The van der Waals surface area contributed by atoms with Gasteiger partial charge in [-0.15, -0.1) is 0 Å². The highest BCUT2D eigenvalue weighted by Crippen LogP contribution is 2.36. The smallest absolute Gasteiger partial charge is 0.254 e. The van der Waals surface area contributed by atoms with Crippen LogP contribution in [0.4, 0.5) is 0 Å². The predicted molar refractivity (Wildman–Crippen MR) is 157 cm³/mol. The standard InChI is InChI=1S/C30H34BrClN4O2/c1-3-38-34-28(21-7-9-22(31)10-8-21)27-6-4-5-17-36(27)30(2)14-18-35(19-15-30)29(37)25-13-16-33-26-20-23(32)11-12-24(25)26/h7-13,16,20,27H,3-6,14-15,17-19H2,1-2H3/b34-28-. The Morgan fingerprint density at radius 2 is 1.89 bits per heavy atom. The third kappa shape index (κ3) is 5.61. The van der Waals surface area contributed by atoms with Gasteiger partial charge in [0.15, 0.2) is 0 Å². The molecule has 0 N–H and O–H groups in total. The number of carbonyl (C=O) groups is 1. The van der Waals surface area contributed by atoms with Crippen LogP contribution in [-0.2, 0) is 4.84 Å². The molecule has 0 radical (unpaired) electrons. The number of aromatic nitrogens is 1. The summed E-state index contributed by atoms with van der Waals surface area (Å²) in [5, 5.41) is 6.10. The lowest BCUT2D eigenvalue weighted by Crippen LogP contribution is -2.60. The van der Waals surface area contributed by atoms with Gasteiger partial charge in [-0.2, -0.15) is 0 Å². The Hall–Kier alpha value is -2.48. The first-order chi connectivity index (χ1) is 18.4. The van der Waals surface area contributed by atoms with E-state index in [4.69, 9.17) is 16.4 Å². The largest absolute Gasteiger partial charge is 0.396 e. The monoisotopic (exact) mass is 596 g/mol. The summed E-state index contributed by atoms with van der Waals surface area (Å²) in [4.78, 5) is 28.3. The average Bonchev–Trinajstić information content (AvgIpc) is 2.94. The van der Waals surface area contributed by atoms with E-state index in [1.54, 1.807) is 6.20 Å². The quantitative estimate of drug-likeness (QED) is 0.228. The molecule has 0 bridgehead atoms. The maximum Gasteiger partial charge on any atom is 0.254 e. The Balaban J connectivity index is 1.36. The minimum atomic E-state index is -0.0297. The van der Waals surface area contributed by atoms with Crippen molar-refractivity contribution in [1.29, 1.82) is 0 Å². The van der Waals surface area contributed by atoms with Crippen LogP contribution in [0.15, 0.2) is 64.4 Å². The lowest BCUT2D eigenvalue weighted by atomic mass is 9.82. The van der Waals surface area contributed by atoms with E-state index in [-0.39, 0.29) is 17.5 Å². The minimum absolute atomic E-state index is 0.0297. The maximum atomic E-state index is 13.6. The number of halogens is 2. The maximum absolute atomic E-state index is 13.6. The average molecular weight is 598 g/mol. The molecular weight excluding hydrogens is 564 g/mol. The van der Waals surface area contributed by atoms with Crippen LogP contribution in [0.2, 0.25) is 5.02 Å². The summed E-state index contributed by atoms with van der Waals surface area (Å²) in [5.41, 5.74) is 3.50. The van der Waals surface area contributed by atoms with Gasteiger partial charge >= 0.3 is 0 Å². The molecule has 0 spiro atoms. The second-order valence-corrected chi connectivity index (χ2v) is 11.8. The molecule has 2 fully saturated rings. The molecule has 38 heavy (non-hydrogen) atoms. The molecule has 5 rings (SSSR count). The summed E-state index contributed by atoms with van der Waals surface area (Å²) in [6, 6.07) is 15.9. The van der Waals surface area contributed by atoms with Gasteiger partial charge in [-0.05, 0) is 76.4 Å². The summed E-state index contributed by atoms with van der Waals surface area (Å²) >= 11 is 9.71. The van der Waals surface area contributed by atoms with E-state index in [1.165, 1.54) is 12.8 Å². The van der Waals surface area contributed by atoms with Crippen molar-refractivity contribution in [3.63, 3.8) is 0 Å². The van der Waals surface area contributed by atoms with Crippen LogP contribution in [-0.4, -0.2) is 64.2 Å². The number of hydrogen-bond acceptors (Lipinski definition) is 5. The molecule has 0 saturated carbocycles. The van der Waals surface area contributed by atoms with Crippen molar-refractivity contribution in [1.82, 2.24) is 14.8 Å². The van der Waals surface area contributed by atoms with Gasteiger partial charge in [0.1, 0.15) is 12.3 Å². The van der Waals surface area contributed by atoms with Crippen LogP contribution in [0.1, 0.15) is 61.9 Å². The third-order valence-electron chi connectivity index (χ3n) is 8.01. The molecule has 2 aliphatic heterocycles. The van der Waals surface area contributed by atoms with Crippen LogP contribution in [0.5, 0.6) is 0 Å². The van der Waals surface area contributed by atoms with Crippen molar-refractivity contribution in [2.75, 3.05) is 26.2 Å². The fraction of sp³-hybridized carbons (Fsp3) is 0.433. The first kappa shape index (κ1) is 27.1. The van der Waals surface area contributed by atoms with E-state index >= 15 is 0 Å². The summed E-state index contributed by atoms with van der Waals surface area (Å²) < 4.78 is 1.05. The normalized spacial score (nSPS) is 20.5. The van der Waals surface area contributed by atoms with E-state index in [2.05, 4.69) is 62.2 Å². The second kappa shape index (κ2) is 11.7. The van der Waals surface area contributed by atoms with E-state index in [0.29, 0.717) is 30.3 Å². The Bertz CT molecular complexity index is 1320. The highest BCUT2D eigenvalue weighted by molar-refractivity contribution is 9.10. The fourth-order valence-corrected chi connectivity index (χ4v) is 6.31. The number of nitrogens with zero attached hydrogens (tertiary/aromatic N) is 4. The van der Waals surface area contributed by atoms with Crippen molar-refractivity contribution in [2.24, 2.45) is 5.16 Å². The number of amides is 1. The molecule has 2 aliphatic rings. The molecular formula is C30H34BrClN4O2. The number of piperidine rings is 2. The van der Waals surface area contributed by atoms with Gasteiger partial charge in [-0.1, -0.05) is 57.3 Å². The molecule has 1 amide bonds. The molecule has 2 saturated heterocycles. The molecule has 1 atom stereocenters. The van der Waals surface area contributed by atoms with Gasteiger partial charge in [-0.25, -0.2) is 0 Å². The zero-order valence-corrected chi connectivity index (χ0v) is 24.3. The van der Waals surface area contributed by atoms with Crippen molar-refractivity contribution >= 4 is 50.1 Å². The highest BCUT2D eigenvalue weighted by Gasteiger charge is 2.43. The molecule has 3 heterocycles. The van der Waals surface area contributed by atoms with E-state index in [1.807, 2.05) is 36.1 Å². The van der Waals surface area contributed by atoms with Crippen LogP contribution < -0.4 is 0 Å². The SMILES string of the molecule is CCO/N=C(/c1ccc(Br)cc1)C1CCCCN1C1(C)CCN(C(=O)c2ccnc3cc(Cl)ccc23)CC1. The Morgan fingerprint density at radius 1 is 1.13 bits per heavy atom.